The minimum atomic E-state index is -0.661. The normalized spacial score (nSPS) is 10.1. The van der Waals surface area contributed by atoms with Gasteiger partial charge in [-0.05, 0) is 43.7 Å². The number of benzene rings is 1. The van der Waals surface area contributed by atoms with Gasteiger partial charge >= 0.3 is 5.97 Å². The fraction of sp³-hybridized carbons (Fsp3) is 0.222. The van der Waals surface area contributed by atoms with E-state index in [9.17, 15) is 14.4 Å². The van der Waals surface area contributed by atoms with Crippen LogP contribution in [-0.4, -0.2) is 35.9 Å². The summed E-state index contributed by atoms with van der Waals surface area (Å²) in [6.07, 6.45) is 1.37. The highest BCUT2D eigenvalue weighted by atomic mass is 35.5. The fourth-order valence-electron chi connectivity index (χ4n) is 1.97. The minimum absolute atomic E-state index is 0.248. The Morgan fingerprint density at radius 2 is 1.88 bits per heavy atom. The number of hydrogen-bond acceptors (Lipinski definition) is 5. The van der Waals surface area contributed by atoms with Gasteiger partial charge in [0.15, 0.2) is 6.61 Å². The van der Waals surface area contributed by atoms with Gasteiger partial charge in [0, 0.05) is 22.6 Å². The van der Waals surface area contributed by atoms with E-state index in [1.807, 2.05) is 0 Å². The number of aromatic nitrogens is 1. The van der Waals surface area contributed by atoms with Crippen molar-refractivity contribution in [2.24, 2.45) is 0 Å². The van der Waals surface area contributed by atoms with Crippen LogP contribution in [0.2, 0.25) is 5.02 Å². The number of esters is 1. The summed E-state index contributed by atoms with van der Waals surface area (Å²) in [6, 6.07) is 8.36. The van der Waals surface area contributed by atoms with E-state index in [1.54, 1.807) is 44.2 Å². The molecule has 0 saturated carbocycles. The maximum Gasteiger partial charge on any atom is 0.340 e. The lowest BCUT2D eigenvalue weighted by Crippen LogP contribution is -2.35. The van der Waals surface area contributed by atoms with Crippen LogP contribution in [0.3, 0.4) is 0 Å². The van der Waals surface area contributed by atoms with E-state index < -0.39 is 24.4 Å². The van der Waals surface area contributed by atoms with Gasteiger partial charge in [-0.3, -0.25) is 14.6 Å². The van der Waals surface area contributed by atoms with Crippen LogP contribution in [0.4, 0.5) is 5.69 Å². The van der Waals surface area contributed by atoms with E-state index in [4.69, 9.17) is 16.3 Å². The smallest absolute Gasteiger partial charge is 0.340 e. The Balaban J connectivity index is 1.76. The Morgan fingerprint density at radius 1 is 1.12 bits per heavy atom. The maximum absolute atomic E-state index is 11.9. The molecular weight excluding hydrogens is 358 g/mol. The molecule has 0 bridgehead atoms. The SMILES string of the molecule is Cc1ccc(C(=O)OCC(=O)NCC(=O)Nc2cccc(Cl)c2C)cn1. The molecule has 2 aromatic rings. The number of hydrogen-bond donors (Lipinski definition) is 2. The van der Waals surface area contributed by atoms with Gasteiger partial charge in [-0.1, -0.05) is 17.7 Å². The predicted octanol–water partition coefficient (Wildman–Crippen LogP) is 2.26. The first-order valence-corrected chi connectivity index (χ1v) is 8.16. The third-order valence-electron chi connectivity index (χ3n) is 3.47. The molecule has 0 atom stereocenters. The second-order valence-corrected chi connectivity index (χ2v) is 5.91. The van der Waals surface area contributed by atoms with Crippen molar-refractivity contribution in [2.45, 2.75) is 13.8 Å². The molecule has 0 aliphatic heterocycles. The van der Waals surface area contributed by atoms with Gasteiger partial charge in [0.25, 0.3) is 5.91 Å². The van der Waals surface area contributed by atoms with Crippen molar-refractivity contribution in [1.82, 2.24) is 10.3 Å². The van der Waals surface area contributed by atoms with Gasteiger partial charge in [0.1, 0.15) is 0 Å². The number of nitrogens with zero attached hydrogens (tertiary/aromatic N) is 1. The Hall–Kier alpha value is -2.93. The molecule has 136 valence electrons. The number of rotatable bonds is 6. The second kappa shape index (κ2) is 8.96. The Morgan fingerprint density at radius 3 is 2.58 bits per heavy atom. The third kappa shape index (κ3) is 5.56. The largest absolute Gasteiger partial charge is 0.452 e. The summed E-state index contributed by atoms with van der Waals surface area (Å²) < 4.78 is 4.88. The maximum atomic E-state index is 11.9. The lowest BCUT2D eigenvalue weighted by atomic mass is 10.2. The molecule has 2 rings (SSSR count). The molecular formula is C18H18ClN3O4. The van der Waals surface area contributed by atoms with E-state index in [1.165, 1.54) is 6.20 Å². The molecule has 0 fully saturated rings. The summed E-state index contributed by atoms with van der Waals surface area (Å²) in [7, 11) is 0. The summed E-state index contributed by atoms with van der Waals surface area (Å²) in [5.74, 6) is -1.67. The van der Waals surface area contributed by atoms with E-state index >= 15 is 0 Å². The highest BCUT2D eigenvalue weighted by molar-refractivity contribution is 6.31. The topological polar surface area (TPSA) is 97.4 Å². The van der Waals surface area contributed by atoms with Gasteiger partial charge in [-0.15, -0.1) is 0 Å². The number of pyridine rings is 1. The monoisotopic (exact) mass is 375 g/mol. The van der Waals surface area contributed by atoms with Crippen LogP contribution < -0.4 is 10.6 Å². The Kier molecular flexibility index (Phi) is 6.68. The molecule has 0 aliphatic carbocycles. The Bertz CT molecular complexity index is 822. The number of carbonyl (C=O) groups is 3. The molecule has 0 saturated heterocycles. The van der Waals surface area contributed by atoms with Crippen molar-refractivity contribution in [2.75, 3.05) is 18.5 Å². The molecule has 26 heavy (non-hydrogen) atoms. The minimum Gasteiger partial charge on any atom is -0.452 e. The van der Waals surface area contributed by atoms with Crippen LogP contribution in [0.5, 0.6) is 0 Å². The van der Waals surface area contributed by atoms with E-state index in [-0.39, 0.29) is 12.1 Å². The van der Waals surface area contributed by atoms with E-state index in [2.05, 4.69) is 15.6 Å². The van der Waals surface area contributed by atoms with Crippen LogP contribution in [0, 0.1) is 13.8 Å². The standard InChI is InChI=1S/C18H18ClN3O4/c1-11-6-7-13(8-20-11)18(25)26-10-17(24)21-9-16(23)22-15-5-3-4-14(19)12(15)2/h3-8H,9-10H2,1-2H3,(H,21,24)(H,22,23). The number of ether oxygens (including phenoxy) is 1. The van der Waals surface area contributed by atoms with Crippen LogP contribution in [0.1, 0.15) is 21.6 Å². The number of halogens is 1. The molecule has 2 N–H and O–H groups in total. The van der Waals surface area contributed by atoms with Crippen LogP contribution in [-0.2, 0) is 14.3 Å². The highest BCUT2D eigenvalue weighted by Gasteiger charge is 2.12. The average molecular weight is 376 g/mol. The van der Waals surface area contributed by atoms with E-state index in [0.717, 1.165) is 11.3 Å². The van der Waals surface area contributed by atoms with Crippen molar-refractivity contribution in [3.8, 4) is 0 Å². The number of aryl methyl sites for hydroxylation is 1. The molecule has 0 aliphatic rings. The first kappa shape index (κ1) is 19.4. The van der Waals surface area contributed by atoms with Gasteiger partial charge < -0.3 is 15.4 Å². The van der Waals surface area contributed by atoms with Gasteiger partial charge in [-0.2, -0.15) is 0 Å². The van der Waals surface area contributed by atoms with Crippen LogP contribution in [0.15, 0.2) is 36.5 Å². The lowest BCUT2D eigenvalue weighted by molar-refractivity contribution is -0.126. The van der Waals surface area contributed by atoms with Crippen LogP contribution >= 0.6 is 11.6 Å². The Labute approximate surface area is 155 Å². The lowest BCUT2D eigenvalue weighted by Gasteiger charge is -2.10. The van der Waals surface area contributed by atoms with Gasteiger partial charge in [-0.25, -0.2) is 4.79 Å². The first-order chi connectivity index (χ1) is 12.4. The highest BCUT2D eigenvalue weighted by Crippen LogP contribution is 2.22. The van der Waals surface area contributed by atoms with Crippen LogP contribution in [0.25, 0.3) is 0 Å². The second-order valence-electron chi connectivity index (χ2n) is 5.50. The predicted molar refractivity (Wildman–Crippen MR) is 97.1 cm³/mol. The summed E-state index contributed by atoms with van der Waals surface area (Å²) in [6.45, 7) is 2.82. The molecule has 1 heterocycles. The van der Waals surface area contributed by atoms with Crippen molar-refractivity contribution in [3.63, 3.8) is 0 Å². The third-order valence-corrected chi connectivity index (χ3v) is 3.88. The molecule has 1 aromatic carbocycles. The first-order valence-electron chi connectivity index (χ1n) is 7.78. The number of anilines is 1. The number of carbonyl (C=O) groups excluding carboxylic acids is 3. The molecule has 0 radical (unpaired) electrons. The van der Waals surface area contributed by atoms with Crippen molar-refractivity contribution in [3.05, 3.63) is 58.4 Å². The summed E-state index contributed by atoms with van der Waals surface area (Å²) >= 11 is 5.98. The quantitative estimate of drug-likeness (QED) is 0.755. The molecule has 7 nitrogen and oxygen atoms in total. The van der Waals surface area contributed by atoms with Crippen molar-refractivity contribution in [1.29, 1.82) is 0 Å². The average Bonchev–Trinajstić information content (AvgIpc) is 2.62. The van der Waals surface area contributed by atoms with Crippen molar-refractivity contribution >= 4 is 35.1 Å². The number of nitrogens with one attached hydrogen (secondary N) is 2. The van der Waals surface area contributed by atoms with Crippen molar-refractivity contribution < 1.29 is 19.1 Å². The molecule has 8 heteroatoms. The van der Waals surface area contributed by atoms with Gasteiger partial charge in [0.05, 0.1) is 12.1 Å². The zero-order valence-corrected chi connectivity index (χ0v) is 15.1. The summed E-state index contributed by atoms with van der Waals surface area (Å²) in [4.78, 5) is 39.3. The van der Waals surface area contributed by atoms with Gasteiger partial charge in [0.2, 0.25) is 5.91 Å². The molecule has 2 amide bonds. The number of amides is 2. The summed E-state index contributed by atoms with van der Waals surface area (Å²) in [5.41, 5.74) is 2.31. The zero-order chi connectivity index (χ0) is 19.1. The molecule has 0 unspecified atom stereocenters. The summed E-state index contributed by atoms with van der Waals surface area (Å²) in [5, 5.41) is 5.56. The zero-order valence-electron chi connectivity index (χ0n) is 14.3. The molecule has 1 aromatic heterocycles. The fourth-order valence-corrected chi connectivity index (χ4v) is 2.14. The van der Waals surface area contributed by atoms with E-state index in [0.29, 0.717) is 10.7 Å². The molecule has 0 spiro atoms.